The maximum Gasteiger partial charge on any atom is 0.118 e. The van der Waals surface area contributed by atoms with Crippen LogP contribution in [0, 0.1) is 0 Å². The first-order valence-electron chi connectivity index (χ1n) is 7.40. The van der Waals surface area contributed by atoms with Crippen LogP contribution in [0.1, 0.15) is 24.1 Å². The van der Waals surface area contributed by atoms with Crippen molar-refractivity contribution in [3.63, 3.8) is 0 Å². The molecule has 0 aromatic heterocycles. The van der Waals surface area contributed by atoms with Crippen LogP contribution in [-0.2, 0) is 6.54 Å². The molecule has 0 aliphatic heterocycles. The standard InChI is InChI=1S/C18H24N2O2/c1-13(18(19)15-6-10-17(22-3)11-7-15)20-12-14-4-8-16(21-2)9-5-14/h4-11,13,18,20H,12,19H2,1-3H3/t13-,18-/m1/s1. The Morgan fingerprint density at radius 2 is 1.41 bits per heavy atom. The number of nitrogens with one attached hydrogen (secondary N) is 1. The van der Waals surface area contributed by atoms with Gasteiger partial charge in [-0.15, -0.1) is 0 Å². The van der Waals surface area contributed by atoms with E-state index in [1.807, 2.05) is 36.4 Å². The fourth-order valence-corrected chi connectivity index (χ4v) is 2.26. The summed E-state index contributed by atoms with van der Waals surface area (Å²) in [5.41, 5.74) is 8.61. The van der Waals surface area contributed by atoms with Gasteiger partial charge in [0.15, 0.2) is 0 Å². The van der Waals surface area contributed by atoms with Crippen LogP contribution < -0.4 is 20.5 Å². The van der Waals surface area contributed by atoms with Crippen LogP contribution in [0.4, 0.5) is 0 Å². The Balaban J connectivity index is 1.90. The van der Waals surface area contributed by atoms with Gasteiger partial charge in [-0.05, 0) is 42.3 Å². The number of hydrogen-bond donors (Lipinski definition) is 2. The topological polar surface area (TPSA) is 56.5 Å². The molecule has 0 fully saturated rings. The average molecular weight is 300 g/mol. The van der Waals surface area contributed by atoms with Crippen molar-refractivity contribution in [3.8, 4) is 11.5 Å². The Bertz CT molecular complexity index is 567. The van der Waals surface area contributed by atoms with E-state index in [-0.39, 0.29) is 12.1 Å². The SMILES string of the molecule is COc1ccc(CN[C@H](C)[C@@H](N)c2ccc(OC)cc2)cc1. The molecular formula is C18H24N2O2. The van der Waals surface area contributed by atoms with Gasteiger partial charge in [0.25, 0.3) is 0 Å². The lowest BCUT2D eigenvalue weighted by atomic mass is 10.0. The summed E-state index contributed by atoms with van der Waals surface area (Å²) in [4.78, 5) is 0. The van der Waals surface area contributed by atoms with Crippen molar-refractivity contribution in [3.05, 3.63) is 59.7 Å². The first kappa shape index (κ1) is 16.3. The van der Waals surface area contributed by atoms with Crippen molar-refractivity contribution in [2.24, 2.45) is 5.73 Å². The zero-order valence-corrected chi connectivity index (χ0v) is 13.4. The molecule has 0 aliphatic carbocycles. The first-order valence-corrected chi connectivity index (χ1v) is 7.40. The molecule has 0 bridgehead atoms. The predicted octanol–water partition coefficient (Wildman–Crippen LogP) is 2.88. The van der Waals surface area contributed by atoms with Gasteiger partial charge in [-0.1, -0.05) is 24.3 Å². The molecule has 2 aromatic rings. The Hall–Kier alpha value is -2.04. The Morgan fingerprint density at radius 1 is 0.909 bits per heavy atom. The van der Waals surface area contributed by atoms with E-state index in [0.29, 0.717) is 0 Å². The molecule has 4 nitrogen and oxygen atoms in total. The van der Waals surface area contributed by atoms with Crippen molar-refractivity contribution in [2.45, 2.75) is 25.6 Å². The van der Waals surface area contributed by atoms with Crippen LogP contribution in [0.15, 0.2) is 48.5 Å². The van der Waals surface area contributed by atoms with Crippen LogP contribution in [0.3, 0.4) is 0 Å². The molecule has 0 saturated carbocycles. The van der Waals surface area contributed by atoms with E-state index < -0.39 is 0 Å². The van der Waals surface area contributed by atoms with E-state index in [0.717, 1.165) is 23.6 Å². The molecular weight excluding hydrogens is 276 g/mol. The zero-order chi connectivity index (χ0) is 15.9. The van der Waals surface area contributed by atoms with E-state index in [1.54, 1.807) is 14.2 Å². The molecule has 2 rings (SSSR count). The van der Waals surface area contributed by atoms with Gasteiger partial charge in [-0.25, -0.2) is 0 Å². The summed E-state index contributed by atoms with van der Waals surface area (Å²) in [5.74, 6) is 1.71. The minimum atomic E-state index is -0.0656. The summed E-state index contributed by atoms with van der Waals surface area (Å²) in [5, 5.41) is 3.47. The third kappa shape index (κ3) is 4.23. The minimum Gasteiger partial charge on any atom is -0.497 e. The lowest BCUT2D eigenvalue weighted by Gasteiger charge is -2.22. The molecule has 3 N–H and O–H groups in total. The Kier molecular flexibility index (Phi) is 5.81. The van der Waals surface area contributed by atoms with Crippen molar-refractivity contribution >= 4 is 0 Å². The third-order valence-electron chi connectivity index (χ3n) is 3.83. The zero-order valence-electron chi connectivity index (χ0n) is 13.4. The molecule has 2 atom stereocenters. The summed E-state index contributed by atoms with van der Waals surface area (Å²) >= 11 is 0. The second kappa shape index (κ2) is 7.82. The first-order chi connectivity index (χ1) is 10.6. The minimum absolute atomic E-state index is 0.0656. The summed E-state index contributed by atoms with van der Waals surface area (Å²) in [6, 6.07) is 16.0. The largest absolute Gasteiger partial charge is 0.497 e. The highest BCUT2D eigenvalue weighted by molar-refractivity contribution is 5.30. The molecule has 0 aliphatic rings. The second-order valence-corrected chi connectivity index (χ2v) is 5.32. The molecule has 2 aromatic carbocycles. The quantitative estimate of drug-likeness (QED) is 0.825. The van der Waals surface area contributed by atoms with E-state index in [4.69, 9.17) is 15.2 Å². The Labute approximate surface area is 132 Å². The molecule has 0 radical (unpaired) electrons. The second-order valence-electron chi connectivity index (χ2n) is 5.32. The van der Waals surface area contributed by atoms with Gasteiger partial charge < -0.3 is 20.5 Å². The molecule has 4 heteroatoms. The lowest BCUT2D eigenvalue weighted by Crippen LogP contribution is -2.36. The number of hydrogen-bond acceptors (Lipinski definition) is 4. The molecule has 22 heavy (non-hydrogen) atoms. The molecule has 0 saturated heterocycles. The molecule has 0 amide bonds. The maximum atomic E-state index is 6.32. The monoisotopic (exact) mass is 300 g/mol. The molecule has 0 spiro atoms. The van der Waals surface area contributed by atoms with Crippen molar-refractivity contribution in [1.82, 2.24) is 5.32 Å². The van der Waals surface area contributed by atoms with E-state index in [1.165, 1.54) is 5.56 Å². The van der Waals surface area contributed by atoms with E-state index in [2.05, 4.69) is 24.4 Å². The Morgan fingerprint density at radius 3 is 1.91 bits per heavy atom. The van der Waals surface area contributed by atoms with E-state index >= 15 is 0 Å². The van der Waals surface area contributed by atoms with Crippen LogP contribution >= 0.6 is 0 Å². The summed E-state index contributed by atoms with van der Waals surface area (Å²) in [7, 11) is 3.33. The van der Waals surface area contributed by atoms with Crippen molar-refractivity contribution < 1.29 is 9.47 Å². The van der Waals surface area contributed by atoms with Gasteiger partial charge in [0, 0.05) is 18.6 Å². The van der Waals surface area contributed by atoms with E-state index in [9.17, 15) is 0 Å². The van der Waals surface area contributed by atoms with Crippen LogP contribution in [0.5, 0.6) is 11.5 Å². The number of ether oxygens (including phenoxy) is 2. The average Bonchev–Trinajstić information content (AvgIpc) is 2.59. The highest BCUT2D eigenvalue weighted by atomic mass is 16.5. The highest BCUT2D eigenvalue weighted by Crippen LogP contribution is 2.19. The molecule has 0 unspecified atom stereocenters. The number of rotatable bonds is 7. The molecule has 0 heterocycles. The smallest absolute Gasteiger partial charge is 0.118 e. The van der Waals surface area contributed by atoms with Gasteiger partial charge in [0.2, 0.25) is 0 Å². The number of methoxy groups -OCH3 is 2. The van der Waals surface area contributed by atoms with Gasteiger partial charge in [-0.3, -0.25) is 0 Å². The summed E-state index contributed by atoms with van der Waals surface area (Å²) in [6.45, 7) is 2.87. The fourth-order valence-electron chi connectivity index (χ4n) is 2.26. The lowest BCUT2D eigenvalue weighted by molar-refractivity contribution is 0.413. The molecule has 118 valence electrons. The van der Waals surface area contributed by atoms with Gasteiger partial charge >= 0.3 is 0 Å². The van der Waals surface area contributed by atoms with Crippen molar-refractivity contribution in [2.75, 3.05) is 14.2 Å². The van der Waals surface area contributed by atoms with Crippen LogP contribution in [0.25, 0.3) is 0 Å². The van der Waals surface area contributed by atoms with Gasteiger partial charge in [-0.2, -0.15) is 0 Å². The third-order valence-corrected chi connectivity index (χ3v) is 3.83. The fraction of sp³-hybridized carbons (Fsp3) is 0.333. The highest BCUT2D eigenvalue weighted by Gasteiger charge is 2.14. The summed E-state index contributed by atoms with van der Waals surface area (Å²) < 4.78 is 10.3. The van der Waals surface area contributed by atoms with Crippen LogP contribution in [0.2, 0.25) is 0 Å². The van der Waals surface area contributed by atoms with Crippen LogP contribution in [-0.4, -0.2) is 20.3 Å². The number of nitrogens with two attached hydrogens (primary N) is 1. The maximum absolute atomic E-state index is 6.32. The normalized spacial score (nSPS) is 13.5. The summed E-state index contributed by atoms with van der Waals surface area (Å²) in [6.07, 6.45) is 0. The van der Waals surface area contributed by atoms with Crippen molar-refractivity contribution in [1.29, 1.82) is 0 Å². The van der Waals surface area contributed by atoms with Gasteiger partial charge in [0.05, 0.1) is 14.2 Å². The van der Waals surface area contributed by atoms with Gasteiger partial charge in [0.1, 0.15) is 11.5 Å². The number of benzene rings is 2. The predicted molar refractivity (Wildman–Crippen MR) is 89.2 cm³/mol.